The van der Waals surface area contributed by atoms with Crippen molar-refractivity contribution in [1.82, 2.24) is 4.90 Å². The molecular formula is C14H27NO2. The average Bonchev–Trinajstić information content (AvgIpc) is 3.06. The molecule has 1 rings (SSSR count). The SMILES string of the molecule is CCCN(C1CC1)C(C)(CCC(C)C)C(=O)O. The number of carbonyl (C=O) groups is 1. The van der Waals surface area contributed by atoms with E-state index in [1.807, 2.05) is 6.92 Å². The van der Waals surface area contributed by atoms with Crippen molar-refractivity contribution in [2.24, 2.45) is 5.92 Å². The molecule has 100 valence electrons. The van der Waals surface area contributed by atoms with Gasteiger partial charge in [0.25, 0.3) is 0 Å². The van der Waals surface area contributed by atoms with Gasteiger partial charge >= 0.3 is 5.97 Å². The van der Waals surface area contributed by atoms with Gasteiger partial charge in [0.05, 0.1) is 0 Å². The van der Waals surface area contributed by atoms with E-state index >= 15 is 0 Å². The van der Waals surface area contributed by atoms with Gasteiger partial charge in [-0.05, 0) is 51.5 Å². The second-order valence-corrected chi connectivity index (χ2v) is 5.94. The second kappa shape index (κ2) is 5.85. The van der Waals surface area contributed by atoms with E-state index in [4.69, 9.17) is 0 Å². The van der Waals surface area contributed by atoms with Crippen LogP contribution in [0.15, 0.2) is 0 Å². The van der Waals surface area contributed by atoms with E-state index in [9.17, 15) is 9.90 Å². The van der Waals surface area contributed by atoms with E-state index in [1.54, 1.807) is 0 Å². The van der Waals surface area contributed by atoms with Gasteiger partial charge in [0, 0.05) is 6.04 Å². The largest absolute Gasteiger partial charge is 0.480 e. The first-order chi connectivity index (χ1) is 7.91. The Morgan fingerprint density at radius 2 is 2.06 bits per heavy atom. The van der Waals surface area contributed by atoms with Crippen LogP contribution in [0.25, 0.3) is 0 Å². The predicted octanol–water partition coefficient (Wildman–Crippen LogP) is 3.14. The van der Waals surface area contributed by atoms with Gasteiger partial charge in [0.15, 0.2) is 0 Å². The molecule has 1 aliphatic carbocycles. The maximum Gasteiger partial charge on any atom is 0.323 e. The van der Waals surface area contributed by atoms with Crippen LogP contribution in [0.2, 0.25) is 0 Å². The number of aliphatic carboxylic acids is 1. The molecule has 1 atom stereocenters. The van der Waals surface area contributed by atoms with Crippen LogP contribution in [0, 0.1) is 5.92 Å². The molecule has 3 nitrogen and oxygen atoms in total. The summed E-state index contributed by atoms with van der Waals surface area (Å²) in [6, 6.07) is 0.517. The molecule has 0 aromatic carbocycles. The maximum absolute atomic E-state index is 11.6. The molecular weight excluding hydrogens is 214 g/mol. The molecule has 1 saturated carbocycles. The standard InChI is InChI=1S/C14H27NO2/c1-5-10-15(12-6-7-12)14(4,13(16)17)9-8-11(2)3/h11-12H,5-10H2,1-4H3,(H,16,17). The summed E-state index contributed by atoms with van der Waals surface area (Å²) in [5, 5.41) is 9.58. The Balaban J connectivity index is 2.75. The summed E-state index contributed by atoms with van der Waals surface area (Å²) < 4.78 is 0. The minimum atomic E-state index is -0.665. The lowest BCUT2D eigenvalue weighted by Crippen LogP contribution is -2.54. The van der Waals surface area contributed by atoms with Gasteiger partial charge in [-0.25, -0.2) is 0 Å². The molecule has 0 heterocycles. The topological polar surface area (TPSA) is 40.5 Å². The van der Waals surface area contributed by atoms with E-state index in [1.165, 1.54) is 12.8 Å². The highest BCUT2D eigenvalue weighted by molar-refractivity contribution is 5.78. The van der Waals surface area contributed by atoms with Crippen LogP contribution >= 0.6 is 0 Å². The Morgan fingerprint density at radius 1 is 1.47 bits per heavy atom. The Kier molecular flexibility index (Phi) is 4.99. The van der Waals surface area contributed by atoms with Crippen molar-refractivity contribution in [3.8, 4) is 0 Å². The molecule has 0 aromatic heterocycles. The molecule has 1 N–H and O–H groups in total. The second-order valence-electron chi connectivity index (χ2n) is 5.94. The summed E-state index contributed by atoms with van der Waals surface area (Å²) in [4.78, 5) is 13.9. The third kappa shape index (κ3) is 3.70. The zero-order chi connectivity index (χ0) is 13.1. The summed E-state index contributed by atoms with van der Waals surface area (Å²) in [7, 11) is 0. The van der Waals surface area contributed by atoms with E-state index in [-0.39, 0.29) is 0 Å². The van der Waals surface area contributed by atoms with Crippen LogP contribution in [0.1, 0.15) is 59.8 Å². The van der Waals surface area contributed by atoms with Crippen LogP contribution in [-0.4, -0.2) is 34.1 Å². The molecule has 0 spiro atoms. The van der Waals surface area contributed by atoms with Crippen molar-refractivity contribution >= 4 is 5.97 Å². The Morgan fingerprint density at radius 3 is 2.41 bits per heavy atom. The van der Waals surface area contributed by atoms with Gasteiger partial charge in [-0.15, -0.1) is 0 Å². The normalized spacial score (nSPS) is 19.6. The van der Waals surface area contributed by atoms with Crippen molar-refractivity contribution in [2.75, 3.05) is 6.54 Å². The van der Waals surface area contributed by atoms with E-state index < -0.39 is 11.5 Å². The van der Waals surface area contributed by atoms with Crippen molar-refractivity contribution in [1.29, 1.82) is 0 Å². The van der Waals surface area contributed by atoms with E-state index in [0.29, 0.717) is 12.0 Å². The quantitative estimate of drug-likeness (QED) is 0.709. The number of rotatable bonds is 8. The number of carboxylic acids is 1. The third-order valence-corrected chi connectivity index (χ3v) is 3.76. The zero-order valence-corrected chi connectivity index (χ0v) is 11.7. The molecule has 0 saturated heterocycles. The van der Waals surface area contributed by atoms with Gasteiger partial charge in [-0.3, -0.25) is 9.69 Å². The molecule has 1 unspecified atom stereocenters. The fourth-order valence-corrected chi connectivity index (χ4v) is 2.40. The first-order valence-corrected chi connectivity index (χ1v) is 6.92. The first kappa shape index (κ1) is 14.5. The first-order valence-electron chi connectivity index (χ1n) is 6.92. The Labute approximate surface area is 105 Å². The van der Waals surface area contributed by atoms with Gasteiger partial charge in [-0.1, -0.05) is 20.8 Å². The highest BCUT2D eigenvalue weighted by Crippen LogP contribution is 2.36. The fraction of sp³-hybridized carbons (Fsp3) is 0.929. The lowest BCUT2D eigenvalue weighted by atomic mass is 9.89. The summed E-state index contributed by atoms with van der Waals surface area (Å²) in [6.45, 7) is 9.25. The Bertz CT molecular complexity index is 261. The average molecular weight is 241 g/mol. The number of carboxylic acid groups (broad SMARTS) is 1. The smallest absolute Gasteiger partial charge is 0.323 e. The monoisotopic (exact) mass is 241 g/mol. The van der Waals surface area contributed by atoms with Crippen molar-refractivity contribution in [3.63, 3.8) is 0 Å². The summed E-state index contributed by atoms with van der Waals surface area (Å²) in [5.41, 5.74) is -0.665. The van der Waals surface area contributed by atoms with Gasteiger partial charge in [-0.2, -0.15) is 0 Å². The molecule has 3 heteroatoms. The zero-order valence-electron chi connectivity index (χ0n) is 11.7. The molecule has 0 amide bonds. The summed E-state index contributed by atoms with van der Waals surface area (Å²) in [5.74, 6) is -0.0881. The number of hydrogen-bond acceptors (Lipinski definition) is 2. The van der Waals surface area contributed by atoms with Crippen LogP contribution in [-0.2, 0) is 4.79 Å². The highest BCUT2D eigenvalue weighted by Gasteiger charge is 2.45. The molecule has 1 aliphatic rings. The maximum atomic E-state index is 11.6. The number of hydrogen-bond donors (Lipinski definition) is 1. The van der Waals surface area contributed by atoms with Gasteiger partial charge in [0.2, 0.25) is 0 Å². The van der Waals surface area contributed by atoms with Crippen molar-refractivity contribution in [3.05, 3.63) is 0 Å². The van der Waals surface area contributed by atoms with Crippen LogP contribution in [0.3, 0.4) is 0 Å². The molecule has 17 heavy (non-hydrogen) atoms. The summed E-state index contributed by atoms with van der Waals surface area (Å²) in [6.07, 6.45) is 5.11. The van der Waals surface area contributed by atoms with Crippen LogP contribution < -0.4 is 0 Å². The predicted molar refractivity (Wildman–Crippen MR) is 70.1 cm³/mol. The number of nitrogens with zero attached hydrogens (tertiary/aromatic N) is 1. The fourth-order valence-electron chi connectivity index (χ4n) is 2.40. The molecule has 0 bridgehead atoms. The Hall–Kier alpha value is -0.570. The highest BCUT2D eigenvalue weighted by atomic mass is 16.4. The van der Waals surface area contributed by atoms with Crippen LogP contribution in [0.4, 0.5) is 0 Å². The minimum absolute atomic E-state index is 0.517. The minimum Gasteiger partial charge on any atom is -0.480 e. The lowest BCUT2D eigenvalue weighted by molar-refractivity contribution is -0.152. The lowest BCUT2D eigenvalue weighted by Gasteiger charge is -2.38. The molecule has 0 aromatic rings. The van der Waals surface area contributed by atoms with Gasteiger partial charge < -0.3 is 5.11 Å². The van der Waals surface area contributed by atoms with E-state index in [2.05, 4.69) is 25.7 Å². The van der Waals surface area contributed by atoms with Gasteiger partial charge in [0.1, 0.15) is 5.54 Å². The van der Waals surface area contributed by atoms with Crippen molar-refractivity contribution in [2.45, 2.75) is 71.4 Å². The molecule has 0 aliphatic heterocycles. The molecule has 1 fully saturated rings. The van der Waals surface area contributed by atoms with E-state index in [0.717, 1.165) is 25.8 Å². The summed E-state index contributed by atoms with van der Waals surface area (Å²) >= 11 is 0. The third-order valence-electron chi connectivity index (χ3n) is 3.76. The molecule has 0 radical (unpaired) electrons. The van der Waals surface area contributed by atoms with Crippen LogP contribution in [0.5, 0.6) is 0 Å². The van der Waals surface area contributed by atoms with Crippen molar-refractivity contribution < 1.29 is 9.90 Å².